The monoisotopic (exact) mass is 203 g/mol. The van der Waals surface area contributed by atoms with Crippen LogP contribution in [0.4, 0.5) is 0 Å². The van der Waals surface area contributed by atoms with Crippen LogP contribution in [-0.2, 0) is 4.79 Å². The first-order chi connectivity index (χ1) is 7.31. The average Bonchev–Trinajstić information content (AvgIpc) is 2.30. The largest absolute Gasteiger partial charge is 0.325 e. The second kappa shape index (κ2) is 4.45. The van der Waals surface area contributed by atoms with Gasteiger partial charge in [0.25, 0.3) is 0 Å². The Balaban J connectivity index is 2.20. The van der Waals surface area contributed by atoms with E-state index < -0.39 is 0 Å². The lowest BCUT2D eigenvalue weighted by molar-refractivity contribution is 0.249. The summed E-state index contributed by atoms with van der Waals surface area (Å²) in [6.07, 6.45) is 2.01. The predicted octanol–water partition coefficient (Wildman–Crippen LogP) is 1.01. The number of benzene rings is 1. The number of amides is 1. The van der Waals surface area contributed by atoms with Gasteiger partial charge in [-0.3, -0.25) is 4.79 Å². The van der Waals surface area contributed by atoms with Gasteiger partial charge in [0, 0.05) is 19.6 Å². The van der Waals surface area contributed by atoms with Crippen molar-refractivity contribution in [3.05, 3.63) is 35.4 Å². The Bertz CT molecular complexity index is 334. The van der Waals surface area contributed by atoms with Gasteiger partial charge in [0.1, 0.15) is 0 Å². The van der Waals surface area contributed by atoms with Crippen molar-refractivity contribution in [3.63, 3.8) is 0 Å². The molecule has 1 aromatic rings. The Hall–Kier alpha value is -1.35. The van der Waals surface area contributed by atoms with Crippen LogP contribution in [0.15, 0.2) is 24.3 Å². The maximum atomic E-state index is 10.8. The maximum Gasteiger partial charge on any atom is 0.312 e. The van der Waals surface area contributed by atoms with Crippen molar-refractivity contribution in [1.29, 1.82) is 0 Å². The van der Waals surface area contributed by atoms with Gasteiger partial charge in [0.2, 0.25) is 0 Å². The van der Waals surface area contributed by atoms with Crippen LogP contribution in [0.5, 0.6) is 0 Å². The van der Waals surface area contributed by atoms with Crippen LogP contribution >= 0.6 is 0 Å². The van der Waals surface area contributed by atoms with Crippen LogP contribution in [0, 0.1) is 6.92 Å². The molecule has 1 aliphatic heterocycles. The molecule has 1 amide bonds. The van der Waals surface area contributed by atoms with Crippen molar-refractivity contribution < 1.29 is 4.79 Å². The average molecular weight is 203 g/mol. The molecule has 1 heterocycles. The first-order valence-corrected chi connectivity index (χ1v) is 5.23. The quantitative estimate of drug-likeness (QED) is 0.778. The molecule has 0 bridgehead atoms. The Labute approximate surface area is 90.1 Å². The number of piperazine rings is 1. The van der Waals surface area contributed by atoms with Crippen molar-refractivity contribution in [1.82, 2.24) is 10.2 Å². The smallest absolute Gasteiger partial charge is 0.312 e. The molecule has 0 spiro atoms. The Morgan fingerprint density at radius 3 is 2.80 bits per heavy atom. The third kappa shape index (κ3) is 2.18. The molecule has 1 fully saturated rings. The van der Waals surface area contributed by atoms with Crippen molar-refractivity contribution in [3.8, 4) is 0 Å². The lowest BCUT2D eigenvalue weighted by Crippen LogP contribution is -2.45. The van der Waals surface area contributed by atoms with Gasteiger partial charge >= 0.3 is 6.41 Å². The number of hydrogen-bond acceptors (Lipinski definition) is 2. The molecule has 1 radical (unpaired) electrons. The molecule has 0 aromatic heterocycles. The molecule has 1 aromatic carbocycles. The van der Waals surface area contributed by atoms with Crippen molar-refractivity contribution in [2.24, 2.45) is 0 Å². The zero-order valence-corrected chi connectivity index (χ0v) is 8.86. The van der Waals surface area contributed by atoms with E-state index in [1.807, 2.05) is 6.41 Å². The predicted molar refractivity (Wildman–Crippen MR) is 59.2 cm³/mol. The van der Waals surface area contributed by atoms with Crippen molar-refractivity contribution in [2.75, 3.05) is 19.6 Å². The third-order valence-electron chi connectivity index (χ3n) is 2.82. The molecule has 15 heavy (non-hydrogen) atoms. The number of nitrogens with one attached hydrogen (secondary N) is 1. The Kier molecular flexibility index (Phi) is 3.02. The fourth-order valence-electron chi connectivity index (χ4n) is 1.90. The van der Waals surface area contributed by atoms with E-state index in [-0.39, 0.29) is 6.04 Å². The van der Waals surface area contributed by atoms with Crippen molar-refractivity contribution >= 4 is 6.41 Å². The molecule has 2 rings (SSSR count). The summed E-state index contributed by atoms with van der Waals surface area (Å²) < 4.78 is 0. The lowest BCUT2D eigenvalue weighted by Gasteiger charge is -2.32. The van der Waals surface area contributed by atoms with Gasteiger partial charge in [0.15, 0.2) is 0 Å². The summed E-state index contributed by atoms with van der Waals surface area (Å²) in [6.45, 7) is 4.48. The van der Waals surface area contributed by atoms with Gasteiger partial charge in [-0.05, 0) is 12.5 Å². The number of carbonyl (C=O) groups excluding carboxylic acids is 1. The minimum absolute atomic E-state index is 0.136. The molecule has 0 saturated carbocycles. The molecule has 79 valence electrons. The standard InChI is InChI=1S/C12H15N2O/c1-10-2-4-11(5-3-10)12-8-13-6-7-14(12)9-15/h2-5,12-13H,6-8H2,1H3. The van der Waals surface area contributed by atoms with Gasteiger partial charge in [-0.2, -0.15) is 0 Å². The van der Waals surface area contributed by atoms with Crippen LogP contribution in [0.3, 0.4) is 0 Å². The van der Waals surface area contributed by atoms with Gasteiger partial charge in [-0.1, -0.05) is 29.8 Å². The van der Waals surface area contributed by atoms with E-state index in [1.165, 1.54) is 11.1 Å². The minimum atomic E-state index is 0.136. The van der Waals surface area contributed by atoms with Crippen LogP contribution in [0.25, 0.3) is 0 Å². The zero-order chi connectivity index (χ0) is 10.7. The van der Waals surface area contributed by atoms with E-state index in [0.29, 0.717) is 0 Å². The highest BCUT2D eigenvalue weighted by Gasteiger charge is 2.22. The second-order valence-corrected chi connectivity index (χ2v) is 3.92. The summed E-state index contributed by atoms with van der Waals surface area (Å²) in [5.41, 5.74) is 2.42. The summed E-state index contributed by atoms with van der Waals surface area (Å²) in [7, 11) is 0. The normalized spacial score (nSPS) is 21.4. The first-order valence-electron chi connectivity index (χ1n) is 5.23. The lowest BCUT2D eigenvalue weighted by atomic mass is 10.0. The Morgan fingerprint density at radius 1 is 1.40 bits per heavy atom. The summed E-state index contributed by atoms with van der Waals surface area (Å²) in [6, 6.07) is 8.45. The Morgan fingerprint density at radius 2 is 2.13 bits per heavy atom. The van der Waals surface area contributed by atoms with Crippen LogP contribution in [-0.4, -0.2) is 30.9 Å². The summed E-state index contributed by atoms with van der Waals surface area (Å²) in [5, 5.41) is 3.29. The number of hydrogen-bond donors (Lipinski definition) is 1. The number of aryl methyl sites for hydroxylation is 1. The van der Waals surface area contributed by atoms with E-state index in [0.717, 1.165) is 19.6 Å². The third-order valence-corrected chi connectivity index (χ3v) is 2.82. The summed E-state index contributed by atoms with van der Waals surface area (Å²) >= 11 is 0. The van der Waals surface area contributed by atoms with E-state index in [4.69, 9.17) is 0 Å². The zero-order valence-electron chi connectivity index (χ0n) is 8.86. The van der Waals surface area contributed by atoms with Crippen LogP contribution in [0.2, 0.25) is 0 Å². The highest BCUT2D eigenvalue weighted by molar-refractivity contribution is 5.50. The molecule has 1 N–H and O–H groups in total. The molecule has 0 aliphatic carbocycles. The van der Waals surface area contributed by atoms with Gasteiger partial charge in [0.05, 0.1) is 6.04 Å². The molecule has 1 aliphatic rings. The molecule has 3 nitrogen and oxygen atoms in total. The molecular weight excluding hydrogens is 188 g/mol. The van der Waals surface area contributed by atoms with E-state index in [2.05, 4.69) is 36.5 Å². The molecule has 1 atom stereocenters. The van der Waals surface area contributed by atoms with Gasteiger partial charge in [-0.25, -0.2) is 0 Å². The minimum Gasteiger partial charge on any atom is -0.325 e. The highest BCUT2D eigenvalue weighted by atomic mass is 16.1. The first kappa shape index (κ1) is 10.2. The fourth-order valence-corrected chi connectivity index (χ4v) is 1.90. The summed E-state index contributed by atoms with van der Waals surface area (Å²) in [4.78, 5) is 12.5. The van der Waals surface area contributed by atoms with Crippen molar-refractivity contribution in [2.45, 2.75) is 13.0 Å². The summed E-state index contributed by atoms with van der Waals surface area (Å²) in [5.74, 6) is 0. The topological polar surface area (TPSA) is 32.3 Å². The fraction of sp³-hybridized carbons (Fsp3) is 0.417. The number of nitrogens with zero attached hydrogens (tertiary/aromatic N) is 1. The van der Waals surface area contributed by atoms with E-state index in [1.54, 1.807) is 4.90 Å². The maximum absolute atomic E-state index is 10.8. The van der Waals surface area contributed by atoms with Crippen LogP contribution < -0.4 is 5.32 Å². The number of rotatable bonds is 2. The molecular formula is C12H15N2O. The SMILES string of the molecule is Cc1ccc(C2CNCCN2[C]=O)cc1. The molecule has 1 unspecified atom stereocenters. The molecule has 3 heteroatoms. The molecule has 1 saturated heterocycles. The van der Waals surface area contributed by atoms with E-state index >= 15 is 0 Å². The van der Waals surface area contributed by atoms with Gasteiger partial charge < -0.3 is 10.2 Å². The second-order valence-electron chi connectivity index (χ2n) is 3.92. The van der Waals surface area contributed by atoms with Crippen LogP contribution in [0.1, 0.15) is 17.2 Å². The van der Waals surface area contributed by atoms with E-state index in [9.17, 15) is 4.79 Å². The highest BCUT2D eigenvalue weighted by Crippen LogP contribution is 2.20. The van der Waals surface area contributed by atoms with Gasteiger partial charge in [-0.15, -0.1) is 0 Å².